The number of aromatic nitrogens is 2. The molecule has 1 atom stereocenters. The first kappa shape index (κ1) is 18.9. The Morgan fingerprint density at radius 1 is 1.22 bits per heavy atom. The molecular weight excluding hydrogens is 344 g/mol. The van der Waals surface area contributed by atoms with Gasteiger partial charge < -0.3 is 20.4 Å². The van der Waals surface area contributed by atoms with Crippen LogP contribution in [-0.2, 0) is 24.4 Å². The number of hydrogen-bond acceptors (Lipinski definition) is 4. The number of amides is 3. The van der Waals surface area contributed by atoms with Crippen LogP contribution in [-0.4, -0.2) is 59.2 Å². The Morgan fingerprint density at radius 2 is 1.96 bits per heavy atom. The maximum Gasteiger partial charge on any atom is 0.319 e. The number of carbonyl (C=O) groups is 2. The highest BCUT2D eigenvalue weighted by Crippen LogP contribution is 2.16. The predicted molar refractivity (Wildman–Crippen MR) is 102 cm³/mol. The lowest BCUT2D eigenvalue weighted by Gasteiger charge is -2.29. The van der Waals surface area contributed by atoms with Gasteiger partial charge in [-0.05, 0) is 18.7 Å². The minimum absolute atomic E-state index is 0.00275. The number of rotatable bonds is 5. The fraction of sp³-hybridized carbons (Fsp3) is 0.421. The van der Waals surface area contributed by atoms with E-state index < -0.39 is 6.04 Å². The lowest BCUT2D eigenvalue weighted by atomic mass is 10.1. The standard InChI is InChI=1S/C19H26N6O2/c1-20-17(14-7-5-4-6-8-14)18(26)21-12-15-11-16-13-24(19(27)23(2)3)9-10-25(16)22-15/h4-8,11,17,20H,9-10,12-13H2,1-3H3,(H,21,26). The van der Waals surface area contributed by atoms with Gasteiger partial charge in [0.2, 0.25) is 5.91 Å². The van der Waals surface area contributed by atoms with Crippen molar-refractivity contribution >= 4 is 11.9 Å². The summed E-state index contributed by atoms with van der Waals surface area (Å²) in [5, 5.41) is 10.5. The smallest absolute Gasteiger partial charge is 0.319 e. The van der Waals surface area contributed by atoms with Gasteiger partial charge >= 0.3 is 6.03 Å². The van der Waals surface area contributed by atoms with Crippen LogP contribution in [0.25, 0.3) is 0 Å². The summed E-state index contributed by atoms with van der Waals surface area (Å²) in [6.07, 6.45) is 0. The predicted octanol–water partition coefficient (Wildman–Crippen LogP) is 0.957. The molecule has 0 bridgehead atoms. The first-order valence-electron chi connectivity index (χ1n) is 9.01. The molecule has 144 valence electrons. The fourth-order valence-electron chi connectivity index (χ4n) is 3.23. The van der Waals surface area contributed by atoms with Gasteiger partial charge in [-0.3, -0.25) is 9.48 Å². The molecule has 3 amide bonds. The van der Waals surface area contributed by atoms with Gasteiger partial charge in [-0.2, -0.15) is 5.10 Å². The van der Waals surface area contributed by atoms with E-state index >= 15 is 0 Å². The summed E-state index contributed by atoms with van der Waals surface area (Å²) in [6.45, 7) is 2.17. The zero-order chi connectivity index (χ0) is 19.4. The van der Waals surface area contributed by atoms with Crippen LogP contribution in [0.3, 0.4) is 0 Å². The number of hydrogen-bond donors (Lipinski definition) is 2. The van der Waals surface area contributed by atoms with Crippen LogP contribution in [0.1, 0.15) is 23.0 Å². The topological polar surface area (TPSA) is 82.5 Å². The summed E-state index contributed by atoms with van der Waals surface area (Å²) < 4.78 is 1.91. The van der Waals surface area contributed by atoms with Crippen LogP contribution in [0, 0.1) is 0 Å². The minimum atomic E-state index is -0.406. The van der Waals surface area contributed by atoms with Crippen molar-refractivity contribution in [1.29, 1.82) is 0 Å². The van der Waals surface area contributed by atoms with E-state index in [-0.39, 0.29) is 11.9 Å². The molecule has 2 aromatic rings. The number of nitrogens with zero attached hydrogens (tertiary/aromatic N) is 4. The number of likely N-dealkylation sites (N-methyl/N-ethyl adjacent to an activating group) is 1. The van der Waals surface area contributed by atoms with Crippen LogP contribution in [0.15, 0.2) is 36.4 Å². The maximum absolute atomic E-state index is 12.5. The van der Waals surface area contributed by atoms with E-state index in [0.29, 0.717) is 26.2 Å². The molecule has 0 spiro atoms. The monoisotopic (exact) mass is 370 g/mol. The quantitative estimate of drug-likeness (QED) is 0.821. The summed E-state index contributed by atoms with van der Waals surface area (Å²) in [5.74, 6) is -0.0981. The van der Waals surface area contributed by atoms with Crippen molar-refractivity contribution in [2.24, 2.45) is 0 Å². The Bertz CT molecular complexity index is 802. The van der Waals surface area contributed by atoms with Gasteiger partial charge in [0.15, 0.2) is 0 Å². The van der Waals surface area contributed by atoms with E-state index in [0.717, 1.165) is 17.0 Å². The van der Waals surface area contributed by atoms with Gasteiger partial charge in [-0.1, -0.05) is 30.3 Å². The molecule has 1 aromatic heterocycles. The average Bonchev–Trinajstić information content (AvgIpc) is 3.09. The van der Waals surface area contributed by atoms with E-state index in [9.17, 15) is 9.59 Å². The summed E-state index contributed by atoms with van der Waals surface area (Å²) in [4.78, 5) is 28.0. The van der Waals surface area contributed by atoms with E-state index in [1.807, 2.05) is 41.1 Å². The molecular formula is C19H26N6O2. The second-order valence-electron chi connectivity index (χ2n) is 6.80. The minimum Gasteiger partial charge on any atom is -0.349 e. The Morgan fingerprint density at radius 3 is 2.63 bits per heavy atom. The van der Waals surface area contributed by atoms with Crippen LogP contribution < -0.4 is 10.6 Å². The summed E-state index contributed by atoms with van der Waals surface area (Å²) >= 11 is 0. The van der Waals surface area contributed by atoms with E-state index in [1.165, 1.54) is 0 Å². The third-order valence-electron chi connectivity index (χ3n) is 4.63. The van der Waals surface area contributed by atoms with Crippen molar-refractivity contribution in [2.75, 3.05) is 27.7 Å². The Hall–Kier alpha value is -2.87. The van der Waals surface area contributed by atoms with Crippen molar-refractivity contribution in [3.63, 3.8) is 0 Å². The molecule has 2 heterocycles. The largest absolute Gasteiger partial charge is 0.349 e. The molecule has 2 N–H and O–H groups in total. The van der Waals surface area contributed by atoms with Crippen LogP contribution >= 0.6 is 0 Å². The highest BCUT2D eigenvalue weighted by Gasteiger charge is 2.24. The zero-order valence-electron chi connectivity index (χ0n) is 16.0. The number of benzene rings is 1. The zero-order valence-corrected chi connectivity index (χ0v) is 16.0. The number of nitrogens with one attached hydrogen (secondary N) is 2. The van der Waals surface area contributed by atoms with Crippen LogP contribution in [0.2, 0.25) is 0 Å². The fourth-order valence-corrected chi connectivity index (χ4v) is 3.23. The summed E-state index contributed by atoms with van der Waals surface area (Å²) in [5.41, 5.74) is 2.69. The molecule has 0 saturated carbocycles. The molecule has 0 aliphatic carbocycles. The Kier molecular flexibility index (Phi) is 5.75. The molecule has 3 rings (SSSR count). The molecule has 8 nitrogen and oxygen atoms in total. The molecule has 27 heavy (non-hydrogen) atoms. The average molecular weight is 370 g/mol. The first-order chi connectivity index (χ1) is 13.0. The second-order valence-corrected chi connectivity index (χ2v) is 6.80. The third-order valence-corrected chi connectivity index (χ3v) is 4.63. The van der Waals surface area contributed by atoms with Gasteiger partial charge in [0.05, 0.1) is 31.0 Å². The molecule has 1 aromatic carbocycles. The van der Waals surface area contributed by atoms with E-state index in [2.05, 4.69) is 15.7 Å². The van der Waals surface area contributed by atoms with Crippen LogP contribution in [0.4, 0.5) is 4.79 Å². The molecule has 0 saturated heterocycles. The molecule has 1 unspecified atom stereocenters. The number of urea groups is 1. The van der Waals surface area contributed by atoms with Crippen molar-refractivity contribution < 1.29 is 9.59 Å². The molecule has 8 heteroatoms. The highest BCUT2D eigenvalue weighted by atomic mass is 16.2. The van der Waals surface area contributed by atoms with Gasteiger partial charge in [0, 0.05) is 20.6 Å². The van der Waals surface area contributed by atoms with Crippen molar-refractivity contribution in [3.05, 3.63) is 53.3 Å². The molecule has 0 radical (unpaired) electrons. The lowest BCUT2D eigenvalue weighted by Crippen LogP contribution is -2.43. The van der Waals surface area contributed by atoms with Gasteiger partial charge in [0.25, 0.3) is 0 Å². The Labute approximate surface area is 159 Å². The van der Waals surface area contributed by atoms with Gasteiger partial charge in [-0.15, -0.1) is 0 Å². The number of carbonyl (C=O) groups excluding carboxylic acids is 2. The summed E-state index contributed by atoms with van der Waals surface area (Å²) in [7, 11) is 5.27. The van der Waals surface area contributed by atoms with Crippen LogP contribution in [0.5, 0.6) is 0 Å². The second kappa shape index (κ2) is 8.22. The third kappa shape index (κ3) is 4.28. The number of fused-ring (bicyclic) bond motifs is 1. The molecule has 1 aliphatic rings. The summed E-state index contributed by atoms with van der Waals surface area (Å²) in [6, 6.07) is 11.1. The van der Waals surface area contributed by atoms with E-state index in [4.69, 9.17) is 0 Å². The lowest BCUT2D eigenvalue weighted by molar-refractivity contribution is -0.123. The highest BCUT2D eigenvalue weighted by molar-refractivity contribution is 5.83. The van der Waals surface area contributed by atoms with Gasteiger partial charge in [-0.25, -0.2) is 4.79 Å². The maximum atomic E-state index is 12.5. The van der Waals surface area contributed by atoms with E-state index in [1.54, 1.807) is 30.9 Å². The SMILES string of the molecule is CNC(C(=O)NCc1cc2n(n1)CCN(C(=O)N(C)C)C2)c1ccccc1. The Balaban J connectivity index is 1.61. The van der Waals surface area contributed by atoms with Crippen molar-refractivity contribution in [1.82, 2.24) is 30.2 Å². The first-order valence-corrected chi connectivity index (χ1v) is 9.01. The van der Waals surface area contributed by atoms with Crippen molar-refractivity contribution in [3.8, 4) is 0 Å². The molecule has 0 fully saturated rings. The normalized spacial score (nSPS) is 14.4. The van der Waals surface area contributed by atoms with Crippen molar-refractivity contribution in [2.45, 2.75) is 25.7 Å². The van der Waals surface area contributed by atoms with Gasteiger partial charge in [0.1, 0.15) is 6.04 Å². The molecule has 1 aliphatic heterocycles.